The maximum atomic E-state index is 13.8. The van der Waals surface area contributed by atoms with E-state index in [4.69, 9.17) is 0 Å². The van der Waals surface area contributed by atoms with Crippen molar-refractivity contribution in [3.63, 3.8) is 0 Å². The molecular formula is C15H13BrFNO. The molecule has 0 unspecified atom stereocenters. The minimum atomic E-state index is -0.528. The fourth-order valence-corrected chi connectivity index (χ4v) is 2.23. The maximum absolute atomic E-state index is 13.8. The van der Waals surface area contributed by atoms with Crippen molar-refractivity contribution in [3.05, 3.63) is 63.9 Å². The number of aryl methyl sites for hydroxylation is 1. The van der Waals surface area contributed by atoms with Crippen LogP contribution in [-0.4, -0.2) is 13.0 Å². The highest BCUT2D eigenvalue weighted by Gasteiger charge is 2.18. The second-order valence-corrected chi connectivity index (χ2v) is 5.19. The first-order valence-corrected chi connectivity index (χ1v) is 6.58. The Bertz CT molecular complexity index is 627. The molecule has 1 amide bonds. The zero-order chi connectivity index (χ0) is 14.0. The average Bonchev–Trinajstić information content (AvgIpc) is 2.38. The summed E-state index contributed by atoms with van der Waals surface area (Å²) in [4.78, 5) is 13.8. The van der Waals surface area contributed by atoms with E-state index in [9.17, 15) is 9.18 Å². The molecule has 0 aliphatic heterocycles. The molecule has 0 aliphatic carbocycles. The van der Waals surface area contributed by atoms with Crippen LogP contribution in [-0.2, 0) is 0 Å². The third-order valence-electron chi connectivity index (χ3n) is 2.94. The van der Waals surface area contributed by atoms with Crippen LogP contribution >= 0.6 is 15.9 Å². The monoisotopic (exact) mass is 321 g/mol. The van der Waals surface area contributed by atoms with Crippen molar-refractivity contribution in [1.82, 2.24) is 0 Å². The zero-order valence-corrected chi connectivity index (χ0v) is 12.2. The van der Waals surface area contributed by atoms with Crippen LogP contribution in [0.15, 0.2) is 46.9 Å². The molecule has 4 heteroatoms. The molecule has 0 atom stereocenters. The van der Waals surface area contributed by atoms with E-state index in [0.29, 0.717) is 4.47 Å². The quantitative estimate of drug-likeness (QED) is 0.812. The van der Waals surface area contributed by atoms with E-state index in [1.54, 1.807) is 13.1 Å². The fraction of sp³-hybridized carbons (Fsp3) is 0.133. The molecule has 2 nitrogen and oxygen atoms in total. The van der Waals surface area contributed by atoms with Gasteiger partial charge < -0.3 is 4.90 Å². The number of carbonyl (C=O) groups excluding carboxylic acids is 1. The molecule has 2 aromatic carbocycles. The Morgan fingerprint density at radius 1 is 1.21 bits per heavy atom. The van der Waals surface area contributed by atoms with E-state index in [2.05, 4.69) is 15.9 Å². The van der Waals surface area contributed by atoms with E-state index < -0.39 is 5.82 Å². The van der Waals surface area contributed by atoms with E-state index >= 15 is 0 Å². The van der Waals surface area contributed by atoms with E-state index in [-0.39, 0.29) is 11.5 Å². The van der Waals surface area contributed by atoms with Crippen LogP contribution in [0.1, 0.15) is 15.9 Å². The number of hydrogen-bond acceptors (Lipinski definition) is 1. The Balaban J connectivity index is 2.37. The molecule has 98 valence electrons. The van der Waals surface area contributed by atoms with Crippen LogP contribution in [0.4, 0.5) is 10.1 Å². The minimum Gasteiger partial charge on any atom is -0.311 e. The predicted octanol–water partition coefficient (Wildman–Crippen LogP) is 4.17. The van der Waals surface area contributed by atoms with Crippen LogP contribution in [0, 0.1) is 12.7 Å². The fourth-order valence-electron chi connectivity index (χ4n) is 1.89. The smallest absolute Gasteiger partial charge is 0.260 e. The van der Waals surface area contributed by atoms with Gasteiger partial charge in [-0.3, -0.25) is 4.79 Å². The number of rotatable bonds is 2. The third kappa shape index (κ3) is 2.84. The van der Waals surface area contributed by atoms with Gasteiger partial charge in [-0.25, -0.2) is 4.39 Å². The Morgan fingerprint density at radius 2 is 1.89 bits per heavy atom. The molecule has 2 aromatic rings. The topological polar surface area (TPSA) is 20.3 Å². The van der Waals surface area contributed by atoms with E-state index in [1.807, 2.05) is 31.2 Å². The van der Waals surface area contributed by atoms with Crippen molar-refractivity contribution in [3.8, 4) is 0 Å². The van der Waals surface area contributed by atoms with Crippen LogP contribution in [0.2, 0.25) is 0 Å². The first-order chi connectivity index (χ1) is 9.00. The molecule has 2 rings (SSSR count). The highest BCUT2D eigenvalue weighted by atomic mass is 79.9. The van der Waals surface area contributed by atoms with Gasteiger partial charge in [-0.05, 0) is 36.8 Å². The summed E-state index contributed by atoms with van der Waals surface area (Å²) in [5.41, 5.74) is 1.81. The number of para-hydroxylation sites is 1. The van der Waals surface area contributed by atoms with Gasteiger partial charge in [-0.2, -0.15) is 0 Å². The molecule has 0 radical (unpaired) electrons. The summed E-state index contributed by atoms with van der Waals surface area (Å²) in [5, 5.41) is 0. The Labute approximate surface area is 120 Å². The minimum absolute atomic E-state index is 0.0638. The average molecular weight is 322 g/mol. The lowest BCUT2D eigenvalue weighted by Crippen LogP contribution is -2.27. The second kappa shape index (κ2) is 5.53. The summed E-state index contributed by atoms with van der Waals surface area (Å²) in [7, 11) is 1.64. The molecule has 0 spiro atoms. The van der Waals surface area contributed by atoms with Gasteiger partial charge >= 0.3 is 0 Å². The molecule has 0 heterocycles. The normalized spacial score (nSPS) is 10.3. The van der Waals surface area contributed by atoms with Crippen LogP contribution in [0.3, 0.4) is 0 Å². The first-order valence-electron chi connectivity index (χ1n) is 5.79. The van der Waals surface area contributed by atoms with E-state index in [1.165, 1.54) is 17.0 Å². The first kappa shape index (κ1) is 13.7. The van der Waals surface area contributed by atoms with Gasteiger partial charge in [0.1, 0.15) is 5.82 Å². The summed E-state index contributed by atoms with van der Waals surface area (Å²) in [6.45, 7) is 1.91. The van der Waals surface area contributed by atoms with Gasteiger partial charge in [0.15, 0.2) is 0 Å². The Morgan fingerprint density at radius 3 is 2.53 bits per heavy atom. The molecule has 0 saturated heterocycles. The largest absolute Gasteiger partial charge is 0.311 e. The number of amides is 1. The molecule has 0 aliphatic rings. The third-order valence-corrected chi connectivity index (χ3v) is 3.44. The highest BCUT2D eigenvalue weighted by molar-refractivity contribution is 9.10. The van der Waals surface area contributed by atoms with Gasteiger partial charge in [0.05, 0.1) is 5.56 Å². The Kier molecular flexibility index (Phi) is 4.00. The zero-order valence-electron chi connectivity index (χ0n) is 10.7. The van der Waals surface area contributed by atoms with Crippen molar-refractivity contribution in [2.75, 3.05) is 11.9 Å². The molecule has 0 fully saturated rings. The van der Waals surface area contributed by atoms with Crippen molar-refractivity contribution in [2.45, 2.75) is 6.92 Å². The van der Waals surface area contributed by atoms with Crippen LogP contribution in [0.5, 0.6) is 0 Å². The molecule has 0 saturated carbocycles. The molecular weight excluding hydrogens is 309 g/mol. The summed E-state index contributed by atoms with van der Waals surface area (Å²) < 4.78 is 14.4. The summed E-state index contributed by atoms with van der Waals surface area (Å²) in [6.07, 6.45) is 0. The molecule has 0 aromatic heterocycles. The van der Waals surface area contributed by atoms with E-state index in [0.717, 1.165) is 11.3 Å². The van der Waals surface area contributed by atoms with Crippen LogP contribution in [0.25, 0.3) is 0 Å². The van der Waals surface area contributed by atoms with Gasteiger partial charge in [-0.15, -0.1) is 0 Å². The highest BCUT2D eigenvalue weighted by Crippen LogP contribution is 2.22. The number of halogens is 2. The lowest BCUT2D eigenvalue weighted by Gasteiger charge is -2.19. The lowest BCUT2D eigenvalue weighted by atomic mass is 10.1. The number of nitrogens with zero attached hydrogens (tertiary/aromatic N) is 1. The van der Waals surface area contributed by atoms with Gasteiger partial charge in [0, 0.05) is 17.2 Å². The summed E-state index contributed by atoms with van der Waals surface area (Å²) in [6, 6.07) is 11.9. The van der Waals surface area contributed by atoms with Crippen molar-refractivity contribution >= 4 is 27.5 Å². The van der Waals surface area contributed by atoms with Crippen LogP contribution < -0.4 is 4.90 Å². The number of carbonyl (C=O) groups is 1. The number of anilines is 1. The molecule has 0 N–H and O–H groups in total. The number of hydrogen-bond donors (Lipinski definition) is 0. The van der Waals surface area contributed by atoms with Gasteiger partial charge in [0.25, 0.3) is 5.91 Å². The van der Waals surface area contributed by atoms with Crippen molar-refractivity contribution < 1.29 is 9.18 Å². The second-order valence-electron chi connectivity index (χ2n) is 4.27. The van der Waals surface area contributed by atoms with Crippen molar-refractivity contribution in [1.29, 1.82) is 0 Å². The summed E-state index contributed by atoms with van der Waals surface area (Å²) in [5.74, 6) is -0.890. The lowest BCUT2D eigenvalue weighted by molar-refractivity contribution is 0.0989. The molecule has 0 bridgehead atoms. The summed E-state index contributed by atoms with van der Waals surface area (Å²) >= 11 is 3.17. The van der Waals surface area contributed by atoms with Gasteiger partial charge in [-0.1, -0.05) is 34.1 Å². The van der Waals surface area contributed by atoms with Crippen molar-refractivity contribution in [2.24, 2.45) is 0 Å². The predicted molar refractivity (Wildman–Crippen MR) is 78.0 cm³/mol. The SMILES string of the molecule is Cc1ccccc1N(C)C(=O)c1ccc(Br)cc1F. The standard InChI is InChI=1S/C15H13BrFNO/c1-10-5-3-4-6-14(10)18(2)15(19)12-8-7-11(16)9-13(12)17/h3-9H,1-2H3. The van der Waals surface area contributed by atoms with Gasteiger partial charge in [0.2, 0.25) is 0 Å². The maximum Gasteiger partial charge on any atom is 0.260 e. The molecule has 19 heavy (non-hydrogen) atoms. The number of benzene rings is 2. The Hall–Kier alpha value is -1.68.